The Morgan fingerprint density at radius 2 is 1.78 bits per heavy atom. The van der Waals surface area contributed by atoms with Crippen molar-refractivity contribution in [2.45, 2.75) is 30.6 Å². The molecule has 12 heteroatoms. The lowest BCUT2D eigenvalue weighted by molar-refractivity contribution is -0.119. The van der Waals surface area contributed by atoms with E-state index in [2.05, 4.69) is 10.3 Å². The van der Waals surface area contributed by atoms with Gasteiger partial charge in [0.05, 0.1) is 16.3 Å². The molecule has 0 bridgehead atoms. The number of nitrogens with one attached hydrogen (secondary N) is 1. The van der Waals surface area contributed by atoms with E-state index in [9.17, 15) is 22.4 Å². The fraction of sp³-hybridized carbons (Fsp3) is 0.292. The van der Waals surface area contributed by atoms with E-state index in [1.807, 2.05) is 0 Å². The number of thiazole rings is 1. The molecule has 1 N–H and O–H groups in total. The minimum atomic E-state index is -3.88. The molecule has 1 aromatic heterocycles. The van der Waals surface area contributed by atoms with Crippen LogP contribution < -0.4 is 5.32 Å². The van der Waals surface area contributed by atoms with Crippen molar-refractivity contribution in [3.63, 3.8) is 0 Å². The van der Waals surface area contributed by atoms with Crippen LogP contribution in [0, 0.1) is 5.82 Å². The lowest BCUT2D eigenvalue weighted by atomic mass is 10.2. The maximum Gasteiger partial charge on any atom is 0.338 e. The van der Waals surface area contributed by atoms with Crippen LogP contribution in [0.3, 0.4) is 0 Å². The summed E-state index contributed by atoms with van der Waals surface area (Å²) >= 11 is 7.34. The zero-order valence-electron chi connectivity index (χ0n) is 19.1. The zero-order valence-corrected chi connectivity index (χ0v) is 21.5. The molecule has 1 aliphatic rings. The van der Waals surface area contributed by atoms with E-state index >= 15 is 0 Å². The van der Waals surface area contributed by atoms with Crippen LogP contribution in [0.5, 0.6) is 0 Å². The SMILES string of the molecule is O=C(COC(=O)c1ccc(Cl)c(S(=O)(=O)N2CCCCCC2)c1)Nc1nc(-c2ccc(F)cc2)cs1. The van der Waals surface area contributed by atoms with Gasteiger partial charge in [-0.3, -0.25) is 10.1 Å². The Labute approximate surface area is 217 Å². The number of hydrogen-bond acceptors (Lipinski definition) is 7. The van der Waals surface area contributed by atoms with Crippen molar-refractivity contribution in [3.8, 4) is 11.3 Å². The number of sulfonamides is 1. The number of ether oxygens (including phenoxy) is 1. The summed E-state index contributed by atoms with van der Waals surface area (Å²) in [7, 11) is -3.88. The van der Waals surface area contributed by atoms with Crippen LogP contribution in [-0.2, 0) is 19.6 Å². The molecule has 36 heavy (non-hydrogen) atoms. The lowest BCUT2D eigenvalue weighted by Gasteiger charge is -2.21. The number of esters is 1. The quantitative estimate of drug-likeness (QED) is 0.416. The van der Waals surface area contributed by atoms with Crippen molar-refractivity contribution < 1.29 is 27.1 Å². The molecule has 0 unspecified atom stereocenters. The van der Waals surface area contributed by atoms with E-state index in [0.717, 1.165) is 25.7 Å². The average Bonchev–Trinajstić information content (AvgIpc) is 3.13. The molecule has 1 aliphatic heterocycles. The largest absolute Gasteiger partial charge is 0.452 e. The highest BCUT2D eigenvalue weighted by Crippen LogP contribution is 2.28. The second kappa shape index (κ2) is 11.5. The molecule has 1 amide bonds. The number of amides is 1. The van der Waals surface area contributed by atoms with Gasteiger partial charge in [0, 0.05) is 24.0 Å². The van der Waals surface area contributed by atoms with Gasteiger partial charge in [-0.05, 0) is 55.3 Å². The highest BCUT2D eigenvalue weighted by molar-refractivity contribution is 7.89. The Bertz CT molecular complexity index is 1350. The van der Waals surface area contributed by atoms with Gasteiger partial charge in [0.1, 0.15) is 10.7 Å². The smallest absolute Gasteiger partial charge is 0.338 e. The predicted molar refractivity (Wildman–Crippen MR) is 135 cm³/mol. The molecule has 2 heterocycles. The maximum absolute atomic E-state index is 13.1. The lowest BCUT2D eigenvalue weighted by Crippen LogP contribution is -2.32. The molecule has 1 fully saturated rings. The second-order valence-electron chi connectivity index (χ2n) is 8.13. The van der Waals surface area contributed by atoms with E-state index in [1.54, 1.807) is 17.5 Å². The van der Waals surface area contributed by atoms with E-state index in [-0.39, 0.29) is 26.4 Å². The molecular formula is C24H23ClFN3O5S2. The second-order valence-corrected chi connectivity index (χ2v) is 11.3. The third-order valence-corrected chi connectivity index (χ3v) is 8.71. The highest BCUT2D eigenvalue weighted by atomic mass is 35.5. The van der Waals surface area contributed by atoms with Crippen LogP contribution in [0.15, 0.2) is 52.7 Å². The number of halogens is 2. The number of hydrogen-bond donors (Lipinski definition) is 1. The summed E-state index contributed by atoms with van der Waals surface area (Å²) in [4.78, 5) is 28.9. The van der Waals surface area contributed by atoms with Crippen molar-refractivity contribution in [1.29, 1.82) is 0 Å². The summed E-state index contributed by atoms with van der Waals surface area (Å²) in [6, 6.07) is 9.63. The fourth-order valence-corrected chi connectivity index (χ4v) is 6.46. The van der Waals surface area contributed by atoms with Crippen molar-refractivity contribution in [2.75, 3.05) is 25.0 Å². The number of aromatic nitrogens is 1. The maximum atomic E-state index is 13.1. The van der Waals surface area contributed by atoms with Crippen LogP contribution in [0.1, 0.15) is 36.0 Å². The molecule has 1 saturated heterocycles. The van der Waals surface area contributed by atoms with Gasteiger partial charge in [0.15, 0.2) is 11.7 Å². The van der Waals surface area contributed by atoms with Crippen molar-refractivity contribution in [1.82, 2.24) is 9.29 Å². The van der Waals surface area contributed by atoms with Gasteiger partial charge in [-0.2, -0.15) is 4.31 Å². The Morgan fingerprint density at radius 1 is 1.08 bits per heavy atom. The monoisotopic (exact) mass is 551 g/mol. The van der Waals surface area contributed by atoms with Gasteiger partial charge in [-0.25, -0.2) is 22.6 Å². The van der Waals surface area contributed by atoms with Crippen molar-refractivity contribution >= 4 is 50.0 Å². The third-order valence-electron chi connectivity index (χ3n) is 5.57. The van der Waals surface area contributed by atoms with Gasteiger partial charge in [0.2, 0.25) is 10.0 Å². The summed E-state index contributed by atoms with van der Waals surface area (Å²) in [5.41, 5.74) is 1.22. The van der Waals surface area contributed by atoms with Crippen LogP contribution >= 0.6 is 22.9 Å². The van der Waals surface area contributed by atoms with Crippen LogP contribution in [0.25, 0.3) is 11.3 Å². The predicted octanol–water partition coefficient (Wildman–Crippen LogP) is 4.96. The summed E-state index contributed by atoms with van der Waals surface area (Å²) in [6.07, 6.45) is 3.45. The van der Waals surface area contributed by atoms with E-state index < -0.39 is 28.5 Å². The molecule has 0 atom stereocenters. The van der Waals surface area contributed by atoms with Crippen molar-refractivity contribution in [2.24, 2.45) is 0 Å². The average molecular weight is 552 g/mol. The first-order valence-electron chi connectivity index (χ1n) is 11.2. The molecule has 3 aromatic rings. The number of rotatable bonds is 7. The number of benzene rings is 2. The molecule has 4 rings (SSSR count). The molecule has 8 nitrogen and oxygen atoms in total. The number of nitrogens with zero attached hydrogens (tertiary/aromatic N) is 2. The fourth-order valence-electron chi connectivity index (χ4n) is 3.70. The molecule has 0 aliphatic carbocycles. The van der Waals surface area contributed by atoms with Gasteiger partial charge >= 0.3 is 5.97 Å². The first-order valence-corrected chi connectivity index (χ1v) is 13.9. The molecule has 0 radical (unpaired) electrons. The van der Waals surface area contributed by atoms with E-state index in [0.29, 0.717) is 24.3 Å². The Balaban J connectivity index is 1.38. The third kappa shape index (κ3) is 6.28. The minimum Gasteiger partial charge on any atom is -0.452 e. The molecule has 0 spiro atoms. The summed E-state index contributed by atoms with van der Waals surface area (Å²) in [5, 5.41) is 4.53. The summed E-state index contributed by atoms with van der Waals surface area (Å²) < 4.78 is 45.8. The van der Waals surface area contributed by atoms with E-state index in [1.165, 1.54) is 46.0 Å². The number of carbonyl (C=O) groups excluding carboxylic acids is 2. The first-order chi connectivity index (χ1) is 17.2. The topological polar surface area (TPSA) is 106 Å². The molecular weight excluding hydrogens is 529 g/mol. The van der Waals surface area contributed by atoms with Gasteiger partial charge in [-0.15, -0.1) is 11.3 Å². The standard InChI is InChI=1S/C24H23ClFN3O5S2/c25-19-10-7-17(13-21(19)36(32,33)29-11-3-1-2-4-12-29)23(31)34-14-22(30)28-24-27-20(15-35-24)16-5-8-18(26)9-6-16/h5-10,13,15H,1-4,11-12,14H2,(H,27,28,30). The zero-order chi connectivity index (χ0) is 25.7. The van der Waals surface area contributed by atoms with Gasteiger partial charge in [0.25, 0.3) is 5.91 Å². The Hall–Kier alpha value is -2.86. The summed E-state index contributed by atoms with van der Waals surface area (Å²) in [6.45, 7) is 0.196. The first kappa shape index (κ1) is 26.2. The van der Waals surface area contributed by atoms with Crippen LogP contribution in [0.4, 0.5) is 9.52 Å². The molecule has 0 saturated carbocycles. The van der Waals surface area contributed by atoms with E-state index in [4.69, 9.17) is 16.3 Å². The minimum absolute atomic E-state index is 0.00858. The van der Waals surface area contributed by atoms with Gasteiger partial charge in [-0.1, -0.05) is 24.4 Å². The Morgan fingerprint density at radius 3 is 2.47 bits per heavy atom. The Kier molecular flexibility index (Phi) is 8.35. The molecule has 190 valence electrons. The van der Waals surface area contributed by atoms with Crippen molar-refractivity contribution in [3.05, 3.63) is 64.2 Å². The number of carbonyl (C=O) groups is 2. The molecule has 2 aromatic carbocycles. The van der Waals surface area contributed by atoms with Crippen LogP contribution in [-0.4, -0.2) is 49.3 Å². The normalized spacial score (nSPS) is 14.7. The summed E-state index contributed by atoms with van der Waals surface area (Å²) in [5.74, 6) is -1.84. The highest BCUT2D eigenvalue weighted by Gasteiger charge is 2.28. The van der Waals surface area contributed by atoms with Crippen LogP contribution in [0.2, 0.25) is 5.02 Å². The number of anilines is 1. The van der Waals surface area contributed by atoms with Gasteiger partial charge < -0.3 is 4.74 Å².